The van der Waals surface area contributed by atoms with E-state index in [4.69, 9.17) is 4.74 Å². The van der Waals surface area contributed by atoms with Crippen LogP contribution in [0, 0.1) is 12.5 Å². The Labute approximate surface area is 74.9 Å². The summed E-state index contributed by atoms with van der Waals surface area (Å²) in [6.45, 7) is 4.50. The normalized spacial score (nSPS) is 35.2. The molecule has 0 aromatic rings. The van der Waals surface area contributed by atoms with Crippen molar-refractivity contribution in [1.29, 1.82) is 0 Å². The average Bonchev–Trinajstić information content (AvgIpc) is 2.05. The molecular formula is C10H19NO. The van der Waals surface area contributed by atoms with Crippen molar-refractivity contribution in [3.05, 3.63) is 7.05 Å². The Hall–Kier alpha value is -0.0800. The van der Waals surface area contributed by atoms with Gasteiger partial charge >= 0.3 is 0 Å². The summed E-state index contributed by atoms with van der Waals surface area (Å²) in [5.41, 5.74) is 0.605. The van der Waals surface area contributed by atoms with Crippen molar-refractivity contribution >= 4 is 0 Å². The first-order valence-corrected chi connectivity index (χ1v) is 5.05. The van der Waals surface area contributed by atoms with Gasteiger partial charge in [0.15, 0.2) is 0 Å². The third kappa shape index (κ3) is 1.64. The van der Waals surface area contributed by atoms with Gasteiger partial charge in [-0.25, -0.2) is 0 Å². The molecule has 2 nitrogen and oxygen atoms in total. The van der Waals surface area contributed by atoms with Gasteiger partial charge in [0, 0.05) is 18.6 Å². The molecule has 0 aromatic carbocycles. The van der Waals surface area contributed by atoms with Gasteiger partial charge in [-0.1, -0.05) is 0 Å². The van der Waals surface area contributed by atoms with Crippen molar-refractivity contribution in [2.45, 2.75) is 25.7 Å². The fraction of sp³-hybridized carbons (Fsp3) is 0.900. The number of likely N-dealkylation sites (tertiary alicyclic amines) is 1. The van der Waals surface area contributed by atoms with Crippen molar-refractivity contribution < 1.29 is 9.64 Å². The number of quaternary nitrogens is 1. The quantitative estimate of drug-likeness (QED) is 0.513. The summed E-state index contributed by atoms with van der Waals surface area (Å²) in [4.78, 5) is 1.48. The second-order valence-electron chi connectivity index (χ2n) is 4.39. The van der Waals surface area contributed by atoms with Crippen LogP contribution in [-0.2, 0) is 4.74 Å². The lowest BCUT2D eigenvalue weighted by atomic mass is 9.74. The van der Waals surface area contributed by atoms with Gasteiger partial charge in [-0.15, -0.1) is 0 Å². The molecule has 2 aliphatic rings. The highest BCUT2D eigenvalue weighted by atomic mass is 16.5. The van der Waals surface area contributed by atoms with Crippen LogP contribution in [0.4, 0.5) is 0 Å². The molecule has 0 bridgehead atoms. The number of piperidine rings is 1. The van der Waals surface area contributed by atoms with E-state index in [0.29, 0.717) is 5.41 Å². The van der Waals surface area contributed by atoms with Gasteiger partial charge in [-0.2, -0.15) is 7.05 Å². The minimum absolute atomic E-state index is 0.605. The number of ether oxygens (including phenoxy) is 1. The van der Waals surface area contributed by atoms with Crippen LogP contribution in [0.15, 0.2) is 0 Å². The highest BCUT2D eigenvalue weighted by molar-refractivity contribution is 4.82. The summed E-state index contributed by atoms with van der Waals surface area (Å²) >= 11 is 0. The van der Waals surface area contributed by atoms with E-state index >= 15 is 0 Å². The van der Waals surface area contributed by atoms with Crippen molar-refractivity contribution in [3.63, 3.8) is 0 Å². The molecule has 2 heterocycles. The zero-order valence-corrected chi connectivity index (χ0v) is 7.77. The van der Waals surface area contributed by atoms with E-state index < -0.39 is 0 Å². The fourth-order valence-electron chi connectivity index (χ4n) is 2.65. The molecule has 2 aliphatic heterocycles. The molecule has 12 heavy (non-hydrogen) atoms. The topological polar surface area (TPSA) is 13.7 Å². The monoisotopic (exact) mass is 169 g/mol. The molecule has 1 atom stereocenters. The molecule has 1 unspecified atom stereocenters. The van der Waals surface area contributed by atoms with E-state index in [-0.39, 0.29) is 0 Å². The average molecular weight is 169 g/mol. The maximum Gasteiger partial charge on any atom is 0.0589 e. The molecular weight excluding hydrogens is 150 g/mol. The van der Waals surface area contributed by atoms with E-state index in [1.165, 1.54) is 43.7 Å². The summed E-state index contributed by atoms with van der Waals surface area (Å²) in [5, 5.41) is 0. The summed E-state index contributed by atoms with van der Waals surface area (Å²) in [7, 11) is 4.12. The van der Waals surface area contributed by atoms with Crippen LogP contribution in [-0.4, -0.2) is 26.3 Å². The summed E-state index contributed by atoms with van der Waals surface area (Å²) < 4.78 is 5.40. The Kier molecular flexibility index (Phi) is 2.37. The highest BCUT2D eigenvalue weighted by Gasteiger charge is 2.36. The molecule has 1 N–H and O–H groups in total. The Balaban J connectivity index is 1.97. The van der Waals surface area contributed by atoms with Gasteiger partial charge in [0.05, 0.1) is 13.1 Å². The van der Waals surface area contributed by atoms with Crippen LogP contribution in [0.5, 0.6) is 0 Å². The Morgan fingerprint density at radius 3 is 2.58 bits per heavy atom. The lowest BCUT2D eigenvalue weighted by molar-refractivity contribution is -0.868. The predicted octanol–water partition coefficient (Wildman–Crippen LogP) is 0.253. The fourth-order valence-corrected chi connectivity index (χ4v) is 2.65. The summed E-state index contributed by atoms with van der Waals surface area (Å²) in [5.74, 6) is 0. The first-order chi connectivity index (χ1) is 5.81. The largest absolute Gasteiger partial charge is 0.467 e. The van der Waals surface area contributed by atoms with Crippen LogP contribution < -0.4 is 4.90 Å². The third-order valence-electron chi connectivity index (χ3n) is 3.42. The Bertz CT molecular complexity index is 146. The maximum absolute atomic E-state index is 5.40. The van der Waals surface area contributed by atoms with Gasteiger partial charge in [-0.3, -0.25) is 0 Å². The maximum atomic E-state index is 5.40. The molecule has 2 fully saturated rings. The van der Waals surface area contributed by atoms with Gasteiger partial charge in [0.25, 0.3) is 0 Å². The lowest BCUT2D eigenvalue weighted by Crippen LogP contribution is -3.09. The molecule has 0 saturated carbocycles. The van der Waals surface area contributed by atoms with Crippen LogP contribution in [0.3, 0.4) is 0 Å². The molecule has 70 valence electrons. The van der Waals surface area contributed by atoms with Crippen molar-refractivity contribution in [3.8, 4) is 0 Å². The minimum atomic E-state index is 0.605. The third-order valence-corrected chi connectivity index (χ3v) is 3.42. The van der Waals surface area contributed by atoms with E-state index in [1.54, 1.807) is 0 Å². The zero-order valence-electron chi connectivity index (χ0n) is 7.77. The molecule has 0 aliphatic carbocycles. The van der Waals surface area contributed by atoms with Gasteiger partial charge in [0.1, 0.15) is 0 Å². The molecule has 1 spiro atoms. The van der Waals surface area contributed by atoms with Gasteiger partial charge < -0.3 is 9.64 Å². The van der Waals surface area contributed by atoms with E-state index in [1.807, 2.05) is 0 Å². The van der Waals surface area contributed by atoms with Crippen molar-refractivity contribution in [2.75, 3.05) is 26.3 Å². The first kappa shape index (κ1) is 8.52. The second-order valence-corrected chi connectivity index (χ2v) is 4.39. The van der Waals surface area contributed by atoms with Crippen LogP contribution >= 0.6 is 0 Å². The smallest absolute Gasteiger partial charge is 0.0589 e. The van der Waals surface area contributed by atoms with E-state index in [0.717, 1.165) is 13.2 Å². The number of rotatable bonds is 0. The molecule has 2 rings (SSSR count). The molecule has 2 heteroatoms. The zero-order chi connectivity index (χ0) is 8.44. The van der Waals surface area contributed by atoms with Crippen LogP contribution in [0.25, 0.3) is 0 Å². The van der Waals surface area contributed by atoms with E-state index in [9.17, 15) is 0 Å². The van der Waals surface area contributed by atoms with E-state index in [2.05, 4.69) is 7.05 Å². The molecule has 0 radical (unpaired) electrons. The minimum Gasteiger partial charge on any atom is -0.467 e. The standard InChI is InChI=1S/C10H19NO/c1-11-6-2-3-10(9-11)4-7-12-8-5-10/h11H,1-9H2. The van der Waals surface area contributed by atoms with Crippen molar-refractivity contribution in [1.82, 2.24) is 0 Å². The van der Waals surface area contributed by atoms with Crippen molar-refractivity contribution in [2.24, 2.45) is 5.41 Å². The first-order valence-electron chi connectivity index (χ1n) is 5.05. The molecule has 0 amide bonds. The van der Waals surface area contributed by atoms with Crippen LogP contribution in [0.2, 0.25) is 0 Å². The second kappa shape index (κ2) is 3.35. The molecule has 2 saturated heterocycles. The number of nitrogens with one attached hydrogen (secondary N) is 1. The summed E-state index contributed by atoms with van der Waals surface area (Å²) in [6.07, 6.45) is 5.31. The molecule has 0 aromatic heterocycles. The number of hydrogen-bond acceptors (Lipinski definition) is 1. The van der Waals surface area contributed by atoms with Gasteiger partial charge in [-0.05, 0) is 25.7 Å². The predicted molar refractivity (Wildman–Crippen MR) is 47.8 cm³/mol. The SMILES string of the molecule is [CH2-][NH+]1CCCC2(CCOCC2)C1. The lowest BCUT2D eigenvalue weighted by Gasteiger charge is -2.44. The van der Waals surface area contributed by atoms with Gasteiger partial charge in [0.2, 0.25) is 0 Å². The Morgan fingerprint density at radius 1 is 1.17 bits per heavy atom. The highest BCUT2D eigenvalue weighted by Crippen LogP contribution is 2.34. The Morgan fingerprint density at radius 2 is 1.92 bits per heavy atom. The number of hydrogen-bond donors (Lipinski definition) is 1. The van der Waals surface area contributed by atoms with Crippen LogP contribution in [0.1, 0.15) is 25.7 Å². The summed E-state index contributed by atoms with van der Waals surface area (Å²) in [6, 6.07) is 0.